The highest BCUT2D eigenvalue weighted by molar-refractivity contribution is 7.91. The number of anilines is 1. The van der Waals surface area contributed by atoms with Crippen LogP contribution in [0, 0.1) is 5.82 Å². The van der Waals surface area contributed by atoms with Crippen molar-refractivity contribution in [2.45, 2.75) is 50.7 Å². The molecule has 0 N–H and O–H groups in total. The van der Waals surface area contributed by atoms with Crippen molar-refractivity contribution in [2.24, 2.45) is 0 Å². The standard InChI is InChI=1S/C24H29ClFN3O9S/c1-15(30)27(23(32)37-14-36-22(31)21-3-2-8-29(21)25)12-18-13-28(24(33)38-18)17-4-5-19(20(26)11-17)16-6-9-39(34,35)10-7-16/h4-5,11,16,18,21H,2-3,6-10,12-14H2,1H3/t18-,21-/m0/s1. The van der Waals surface area contributed by atoms with Crippen LogP contribution in [0.3, 0.4) is 0 Å². The van der Waals surface area contributed by atoms with E-state index in [9.17, 15) is 32.0 Å². The number of imide groups is 1. The van der Waals surface area contributed by atoms with E-state index in [1.165, 1.54) is 21.5 Å². The topological polar surface area (TPSA) is 140 Å². The molecule has 0 spiro atoms. The van der Waals surface area contributed by atoms with Crippen molar-refractivity contribution in [3.8, 4) is 0 Å². The summed E-state index contributed by atoms with van der Waals surface area (Å²) < 4.78 is 54.7. The summed E-state index contributed by atoms with van der Waals surface area (Å²) in [5, 5.41) is 0. The monoisotopic (exact) mass is 589 g/mol. The third kappa shape index (κ3) is 6.97. The molecule has 0 unspecified atom stereocenters. The average molecular weight is 590 g/mol. The molecule has 12 nitrogen and oxygen atoms in total. The van der Waals surface area contributed by atoms with E-state index in [-0.39, 0.29) is 36.2 Å². The van der Waals surface area contributed by atoms with E-state index in [1.807, 2.05) is 0 Å². The van der Waals surface area contributed by atoms with Crippen molar-refractivity contribution in [1.82, 2.24) is 9.32 Å². The van der Waals surface area contributed by atoms with Crippen LogP contribution >= 0.6 is 11.8 Å². The highest BCUT2D eigenvalue weighted by Crippen LogP contribution is 2.33. The molecule has 0 radical (unpaired) electrons. The van der Waals surface area contributed by atoms with Crippen molar-refractivity contribution in [1.29, 1.82) is 0 Å². The summed E-state index contributed by atoms with van der Waals surface area (Å²) in [7, 11) is -3.09. The predicted molar refractivity (Wildman–Crippen MR) is 135 cm³/mol. The van der Waals surface area contributed by atoms with Crippen LogP contribution in [0.25, 0.3) is 0 Å². The number of carbonyl (C=O) groups is 4. The number of carbonyl (C=O) groups excluding carboxylic acids is 4. The van der Waals surface area contributed by atoms with Gasteiger partial charge in [0.1, 0.15) is 27.8 Å². The Hall–Kier alpha value is -2.97. The first-order valence-corrected chi connectivity index (χ1v) is 14.6. The quantitative estimate of drug-likeness (QED) is 0.265. The summed E-state index contributed by atoms with van der Waals surface area (Å²) in [4.78, 5) is 51.0. The summed E-state index contributed by atoms with van der Waals surface area (Å²) in [6.07, 6.45) is -0.916. The van der Waals surface area contributed by atoms with Crippen LogP contribution < -0.4 is 4.90 Å². The zero-order chi connectivity index (χ0) is 28.3. The third-order valence-corrected chi connectivity index (χ3v) is 9.11. The van der Waals surface area contributed by atoms with E-state index in [0.29, 0.717) is 36.3 Å². The Morgan fingerprint density at radius 2 is 1.90 bits per heavy atom. The number of hydrogen-bond acceptors (Lipinski definition) is 10. The smallest absolute Gasteiger partial charge is 0.419 e. The number of esters is 1. The van der Waals surface area contributed by atoms with Gasteiger partial charge in [0.05, 0.1) is 30.3 Å². The van der Waals surface area contributed by atoms with Crippen molar-refractivity contribution in [3.63, 3.8) is 0 Å². The highest BCUT2D eigenvalue weighted by Gasteiger charge is 2.37. The van der Waals surface area contributed by atoms with Gasteiger partial charge in [-0.05, 0) is 61.1 Å². The van der Waals surface area contributed by atoms with Crippen molar-refractivity contribution in [2.75, 3.05) is 42.8 Å². The van der Waals surface area contributed by atoms with Gasteiger partial charge in [-0.15, -0.1) is 0 Å². The van der Waals surface area contributed by atoms with Gasteiger partial charge in [0.25, 0.3) is 0 Å². The Labute approximate surface area is 229 Å². The molecule has 3 heterocycles. The summed E-state index contributed by atoms with van der Waals surface area (Å²) >= 11 is 5.92. The molecule has 3 aliphatic rings. The van der Waals surface area contributed by atoms with Gasteiger partial charge in [0.2, 0.25) is 12.7 Å². The molecule has 0 saturated carbocycles. The van der Waals surface area contributed by atoms with Gasteiger partial charge < -0.3 is 14.2 Å². The number of halogens is 2. The first-order chi connectivity index (χ1) is 18.4. The zero-order valence-corrected chi connectivity index (χ0v) is 22.8. The molecule has 3 fully saturated rings. The molecule has 3 amide bonds. The van der Waals surface area contributed by atoms with Gasteiger partial charge in [-0.3, -0.25) is 14.5 Å². The summed E-state index contributed by atoms with van der Waals surface area (Å²) in [6.45, 7) is 0.520. The number of nitrogens with zero attached hydrogens (tertiary/aromatic N) is 3. The first kappa shape index (κ1) is 29.0. The van der Waals surface area contributed by atoms with E-state index >= 15 is 0 Å². The van der Waals surface area contributed by atoms with Crippen LogP contribution in [-0.2, 0) is 33.6 Å². The number of amides is 3. The Morgan fingerprint density at radius 3 is 2.51 bits per heavy atom. The van der Waals surface area contributed by atoms with E-state index < -0.39 is 58.7 Å². The first-order valence-electron chi connectivity index (χ1n) is 12.5. The minimum Gasteiger partial charge on any atom is -0.442 e. The van der Waals surface area contributed by atoms with E-state index in [1.54, 1.807) is 6.07 Å². The lowest BCUT2D eigenvalue weighted by molar-refractivity contribution is -0.156. The fourth-order valence-electron chi connectivity index (χ4n) is 4.85. The number of cyclic esters (lactones) is 1. The van der Waals surface area contributed by atoms with E-state index in [4.69, 9.17) is 26.0 Å². The Morgan fingerprint density at radius 1 is 1.18 bits per heavy atom. The van der Waals surface area contributed by atoms with Crippen LogP contribution in [0.15, 0.2) is 18.2 Å². The van der Waals surface area contributed by atoms with Crippen LogP contribution in [0.1, 0.15) is 44.1 Å². The van der Waals surface area contributed by atoms with Gasteiger partial charge in [-0.2, -0.15) is 0 Å². The minimum absolute atomic E-state index is 0.00302. The lowest BCUT2D eigenvalue weighted by Crippen LogP contribution is -2.42. The second-order valence-corrected chi connectivity index (χ2v) is 12.4. The number of ether oxygens (including phenoxy) is 3. The molecule has 1 aromatic rings. The fraction of sp³-hybridized carbons (Fsp3) is 0.583. The predicted octanol–water partition coefficient (Wildman–Crippen LogP) is 2.55. The molecule has 3 saturated heterocycles. The molecule has 0 aliphatic carbocycles. The van der Waals surface area contributed by atoms with Crippen LogP contribution in [0.2, 0.25) is 0 Å². The Kier molecular flexibility index (Phi) is 8.96. The third-order valence-electron chi connectivity index (χ3n) is 6.99. The maximum absolute atomic E-state index is 14.9. The number of sulfone groups is 1. The molecule has 0 bridgehead atoms. The van der Waals surface area contributed by atoms with Crippen LogP contribution in [0.5, 0.6) is 0 Å². The van der Waals surface area contributed by atoms with Crippen molar-refractivity contribution < 1.29 is 46.2 Å². The number of rotatable bonds is 7. The molecule has 214 valence electrons. The molecule has 3 aliphatic heterocycles. The molecular formula is C24H29ClFN3O9S. The van der Waals surface area contributed by atoms with Gasteiger partial charge in [-0.25, -0.2) is 31.7 Å². The molecule has 39 heavy (non-hydrogen) atoms. The maximum atomic E-state index is 14.9. The van der Waals surface area contributed by atoms with Crippen molar-refractivity contribution in [3.05, 3.63) is 29.6 Å². The van der Waals surface area contributed by atoms with Crippen molar-refractivity contribution >= 4 is 51.4 Å². The molecule has 2 atom stereocenters. The second kappa shape index (κ2) is 12.0. The average Bonchev–Trinajstić information content (AvgIpc) is 3.47. The molecular weight excluding hydrogens is 561 g/mol. The fourth-order valence-corrected chi connectivity index (χ4v) is 6.64. The second-order valence-electron chi connectivity index (χ2n) is 9.65. The molecule has 1 aromatic carbocycles. The van der Waals surface area contributed by atoms with Gasteiger partial charge in [-0.1, -0.05) is 6.07 Å². The van der Waals surface area contributed by atoms with Crippen LogP contribution in [-0.4, -0.2) is 91.9 Å². The summed E-state index contributed by atoms with van der Waals surface area (Å²) in [5.41, 5.74) is 0.604. The SMILES string of the molecule is CC(=O)N(C[C@H]1CN(c2ccc(C3CCS(=O)(=O)CC3)c(F)c2)C(=O)O1)C(=O)OCOC(=O)[C@@H]1CCCN1Cl. The summed E-state index contributed by atoms with van der Waals surface area (Å²) in [5.74, 6) is -2.13. The van der Waals surface area contributed by atoms with Gasteiger partial charge in [0.15, 0.2) is 0 Å². The van der Waals surface area contributed by atoms with Crippen LogP contribution in [0.4, 0.5) is 19.7 Å². The van der Waals surface area contributed by atoms with E-state index in [0.717, 1.165) is 13.3 Å². The zero-order valence-electron chi connectivity index (χ0n) is 21.2. The lowest BCUT2D eigenvalue weighted by atomic mass is 9.93. The normalized spacial score (nSPS) is 23.4. The highest BCUT2D eigenvalue weighted by atomic mass is 35.5. The summed E-state index contributed by atoms with van der Waals surface area (Å²) in [6, 6.07) is 3.61. The molecule has 15 heteroatoms. The Bertz CT molecular complexity index is 1230. The largest absolute Gasteiger partial charge is 0.442 e. The lowest BCUT2D eigenvalue weighted by Gasteiger charge is -2.23. The minimum atomic E-state index is -3.09. The number of benzene rings is 1. The van der Waals surface area contributed by atoms with Gasteiger partial charge in [0, 0.05) is 13.5 Å². The molecule has 0 aromatic heterocycles. The molecule has 4 rings (SSSR count). The van der Waals surface area contributed by atoms with E-state index in [2.05, 4.69) is 0 Å². The maximum Gasteiger partial charge on any atom is 0.419 e. The Balaban J connectivity index is 1.32. The number of hydrogen-bond donors (Lipinski definition) is 0. The van der Waals surface area contributed by atoms with Gasteiger partial charge >= 0.3 is 18.2 Å².